The van der Waals surface area contributed by atoms with Gasteiger partial charge in [0, 0.05) is 46.4 Å². The number of aromatic nitrogens is 1. The van der Waals surface area contributed by atoms with Crippen LogP contribution in [0, 0.1) is 23.1 Å². The fraction of sp³-hybridized carbons (Fsp3) is 0.212. The summed E-state index contributed by atoms with van der Waals surface area (Å²) >= 11 is 1.18. The molecule has 6 rings (SSSR count). The molecule has 0 saturated carbocycles. The number of hydrogen-bond acceptors (Lipinski definition) is 7. The molecule has 1 aliphatic rings. The summed E-state index contributed by atoms with van der Waals surface area (Å²) in [6.45, 7) is 1.14. The van der Waals surface area contributed by atoms with Crippen LogP contribution in [-0.2, 0) is 19.6 Å². The number of fused-ring (bicyclic) bond motifs is 1. The fourth-order valence-corrected chi connectivity index (χ4v) is 8.13. The van der Waals surface area contributed by atoms with Crippen molar-refractivity contribution in [2.24, 2.45) is 5.92 Å². The van der Waals surface area contributed by atoms with E-state index in [1.54, 1.807) is 23.6 Å². The van der Waals surface area contributed by atoms with E-state index in [9.17, 15) is 31.6 Å². The first kappa shape index (κ1) is 30.4. The second kappa shape index (κ2) is 12.1. The monoisotopic (exact) mass is 649 g/mol. The minimum Gasteiger partial charge on any atom is -0.469 e. The number of piperidine rings is 1. The first-order valence-electron chi connectivity index (χ1n) is 14.0. The maximum absolute atomic E-state index is 14.8. The zero-order valence-corrected chi connectivity index (χ0v) is 25.5. The number of nitrogens with zero attached hydrogens (tertiary/aromatic N) is 3. The number of benzene rings is 3. The van der Waals surface area contributed by atoms with Crippen molar-refractivity contribution in [1.29, 1.82) is 5.26 Å². The first-order valence-corrected chi connectivity index (χ1v) is 16.3. The predicted molar refractivity (Wildman–Crippen MR) is 166 cm³/mol. The van der Waals surface area contributed by atoms with E-state index in [1.165, 1.54) is 30.6 Å². The zero-order chi connectivity index (χ0) is 31.9. The van der Waals surface area contributed by atoms with E-state index < -0.39 is 22.3 Å². The Labute approximate surface area is 261 Å². The number of hydrogen-bond donors (Lipinski definition) is 0. The number of anilines is 1. The lowest BCUT2D eigenvalue weighted by Gasteiger charge is -2.32. The molecular formula is C33H26F3N3O4S2. The van der Waals surface area contributed by atoms with Crippen molar-refractivity contribution in [2.45, 2.75) is 24.2 Å². The molecule has 1 fully saturated rings. The number of methoxy groups -OCH3 is 1. The summed E-state index contributed by atoms with van der Waals surface area (Å²) in [7, 11) is -3.07. The third-order valence-electron chi connectivity index (χ3n) is 8.11. The summed E-state index contributed by atoms with van der Waals surface area (Å²) < 4.78 is 76.3. The molecule has 0 amide bonds. The van der Waals surface area contributed by atoms with Crippen LogP contribution in [0.3, 0.4) is 0 Å². The Morgan fingerprint density at radius 1 is 1.04 bits per heavy atom. The van der Waals surface area contributed by atoms with Crippen LogP contribution in [0.1, 0.15) is 29.7 Å². The second-order valence-electron chi connectivity index (χ2n) is 10.6. The molecule has 0 unspecified atom stereocenters. The molecule has 0 spiro atoms. The Kier molecular flexibility index (Phi) is 8.16. The molecule has 1 saturated heterocycles. The van der Waals surface area contributed by atoms with E-state index in [2.05, 4.69) is 11.0 Å². The number of thiophene rings is 1. The van der Waals surface area contributed by atoms with Gasteiger partial charge in [0.1, 0.15) is 16.8 Å². The van der Waals surface area contributed by atoms with Gasteiger partial charge in [-0.05, 0) is 66.8 Å². The van der Waals surface area contributed by atoms with Crippen LogP contribution in [0.2, 0.25) is 0 Å². The van der Waals surface area contributed by atoms with Crippen molar-refractivity contribution in [3.05, 3.63) is 94.4 Å². The molecule has 0 N–H and O–H groups in total. The van der Waals surface area contributed by atoms with Crippen LogP contribution in [0.25, 0.3) is 33.3 Å². The number of rotatable bonds is 7. The minimum absolute atomic E-state index is 0.165. The third-order valence-corrected chi connectivity index (χ3v) is 10.7. The summed E-state index contributed by atoms with van der Waals surface area (Å²) in [4.78, 5) is 14.3. The Morgan fingerprint density at radius 2 is 1.78 bits per heavy atom. The maximum Gasteiger partial charge on any atom is 0.308 e. The third kappa shape index (κ3) is 5.47. The number of halogens is 3. The van der Waals surface area contributed by atoms with Gasteiger partial charge in [-0.15, -0.1) is 11.3 Å². The van der Waals surface area contributed by atoms with Crippen molar-refractivity contribution >= 4 is 43.9 Å². The van der Waals surface area contributed by atoms with Crippen LogP contribution in [-0.4, -0.2) is 38.6 Å². The van der Waals surface area contributed by atoms with Gasteiger partial charge in [-0.25, -0.2) is 25.6 Å². The van der Waals surface area contributed by atoms with Gasteiger partial charge in [0.15, 0.2) is 0 Å². The summed E-state index contributed by atoms with van der Waals surface area (Å²) in [6, 6.07) is 19.2. The summed E-state index contributed by atoms with van der Waals surface area (Å²) in [6.07, 6.45) is -1.60. The molecule has 1 aliphatic heterocycles. The van der Waals surface area contributed by atoms with Gasteiger partial charge in [0.05, 0.1) is 29.1 Å². The van der Waals surface area contributed by atoms with Gasteiger partial charge in [-0.1, -0.05) is 24.3 Å². The highest BCUT2D eigenvalue weighted by atomic mass is 32.2. The molecule has 5 aromatic rings. The molecular weight excluding hydrogens is 624 g/mol. The van der Waals surface area contributed by atoms with Crippen LogP contribution in [0.5, 0.6) is 0 Å². The average Bonchev–Trinajstić information content (AvgIpc) is 3.66. The van der Waals surface area contributed by atoms with Gasteiger partial charge in [-0.2, -0.15) is 5.26 Å². The van der Waals surface area contributed by atoms with Crippen LogP contribution in [0.15, 0.2) is 83.1 Å². The van der Waals surface area contributed by atoms with E-state index in [-0.39, 0.29) is 38.9 Å². The highest BCUT2D eigenvalue weighted by molar-refractivity contribution is 7.90. The molecule has 45 heavy (non-hydrogen) atoms. The molecule has 7 nitrogen and oxygen atoms in total. The fourth-order valence-electron chi connectivity index (χ4n) is 5.89. The van der Waals surface area contributed by atoms with E-state index in [0.29, 0.717) is 47.5 Å². The lowest BCUT2D eigenvalue weighted by Crippen LogP contribution is -2.36. The number of carbonyl (C=O) groups excluding carboxylic acids is 1. The number of nitriles is 1. The lowest BCUT2D eigenvalue weighted by atomic mass is 9.95. The quantitative estimate of drug-likeness (QED) is 0.169. The molecule has 3 aromatic carbocycles. The second-order valence-corrected chi connectivity index (χ2v) is 13.3. The van der Waals surface area contributed by atoms with Crippen molar-refractivity contribution < 1.29 is 31.1 Å². The summed E-state index contributed by atoms with van der Waals surface area (Å²) in [5.74, 6) is -1.05. The van der Waals surface area contributed by atoms with Gasteiger partial charge in [0.25, 0.3) is 16.4 Å². The Morgan fingerprint density at radius 3 is 2.44 bits per heavy atom. The van der Waals surface area contributed by atoms with Crippen molar-refractivity contribution in [2.75, 3.05) is 25.1 Å². The zero-order valence-electron chi connectivity index (χ0n) is 23.9. The molecule has 230 valence electrons. The van der Waals surface area contributed by atoms with Crippen molar-refractivity contribution in [1.82, 2.24) is 3.97 Å². The van der Waals surface area contributed by atoms with Gasteiger partial charge in [0.2, 0.25) is 0 Å². The smallest absolute Gasteiger partial charge is 0.308 e. The van der Waals surface area contributed by atoms with Crippen LogP contribution in [0.4, 0.5) is 18.9 Å². The molecule has 2 aromatic heterocycles. The van der Waals surface area contributed by atoms with Crippen LogP contribution >= 0.6 is 11.3 Å². The molecule has 0 aliphatic carbocycles. The SMILES string of the molecule is COC(=O)C1CCN(c2cccc(-c3c(-c4ccsc4C#N)c4cc(F)ccc4n3S(=O)(=O)c3ccc(C(F)F)cc3)c2)CC1. The molecule has 0 bridgehead atoms. The number of carbonyl (C=O) groups is 1. The van der Waals surface area contributed by atoms with E-state index in [1.807, 2.05) is 12.1 Å². The Bertz CT molecular complexity index is 2060. The maximum atomic E-state index is 14.8. The normalized spacial score (nSPS) is 14.2. The van der Waals surface area contributed by atoms with Crippen molar-refractivity contribution in [3.8, 4) is 28.5 Å². The Hall–Kier alpha value is -4.60. The van der Waals surface area contributed by atoms with E-state index >= 15 is 0 Å². The minimum atomic E-state index is -4.44. The predicted octanol–water partition coefficient (Wildman–Crippen LogP) is 7.61. The lowest BCUT2D eigenvalue weighted by molar-refractivity contribution is -0.146. The topological polar surface area (TPSA) is 92.4 Å². The van der Waals surface area contributed by atoms with Gasteiger partial charge in [-0.3, -0.25) is 4.79 Å². The molecule has 12 heteroatoms. The summed E-state index contributed by atoms with van der Waals surface area (Å²) in [5, 5.41) is 11.9. The standard InChI is InChI=1S/C33H26F3N3O4S2/c1-43-33(40)21-11-14-38(15-12-21)24-4-2-3-22(17-24)31-30(26-13-16-44-29(26)19-37)27-18-23(34)7-10-28(27)39(31)45(41,42)25-8-5-20(6-9-25)32(35)36/h2-10,13,16-18,21,32H,11-12,14-15H2,1H3. The number of esters is 1. The van der Waals surface area contributed by atoms with Crippen LogP contribution < -0.4 is 4.90 Å². The highest BCUT2D eigenvalue weighted by Crippen LogP contribution is 2.46. The average molecular weight is 650 g/mol. The summed E-state index contributed by atoms with van der Waals surface area (Å²) in [5.41, 5.74) is 2.12. The largest absolute Gasteiger partial charge is 0.469 e. The molecule has 3 heterocycles. The molecule has 0 atom stereocenters. The van der Waals surface area contributed by atoms with Gasteiger partial charge >= 0.3 is 5.97 Å². The molecule has 0 radical (unpaired) electrons. The first-order chi connectivity index (χ1) is 21.6. The van der Waals surface area contributed by atoms with Gasteiger partial charge < -0.3 is 9.64 Å². The van der Waals surface area contributed by atoms with E-state index in [0.717, 1.165) is 40.0 Å². The number of ether oxygens (including phenoxy) is 1. The van der Waals surface area contributed by atoms with E-state index in [4.69, 9.17) is 4.74 Å². The van der Waals surface area contributed by atoms with Crippen molar-refractivity contribution in [3.63, 3.8) is 0 Å². The number of alkyl halides is 2. The highest BCUT2D eigenvalue weighted by Gasteiger charge is 2.31. The Balaban J connectivity index is 1.59.